The summed E-state index contributed by atoms with van der Waals surface area (Å²) >= 11 is 0. The fraction of sp³-hybridized carbons (Fsp3) is 0.222. The van der Waals surface area contributed by atoms with E-state index in [1.807, 2.05) is 72.8 Å². The van der Waals surface area contributed by atoms with Crippen molar-refractivity contribution < 1.29 is 14.3 Å². The Balaban J connectivity index is 1.31. The third-order valence-corrected chi connectivity index (χ3v) is 6.06. The van der Waals surface area contributed by atoms with Crippen molar-refractivity contribution >= 4 is 22.9 Å². The number of hydrogen-bond donors (Lipinski definition) is 3. The van der Waals surface area contributed by atoms with E-state index in [0.29, 0.717) is 18.8 Å². The molecule has 7 heteroatoms. The maximum atomic E-state index is 13.1. The van der Waals surface area contributed by atoms with Gasteiger partial charge in [-0.3, -0.25) is 4.79 Å². The van der Waals surface area contributed by atoms with Crippen LogP contribution in [0.3, 0.4) is 0 Å². The normalized spacial score (nSPS) is 15.9. The minimum Gasteiger partial charge on any atom is -0.459 e. The molecule has 1 aromatic heterocycles. The van der Waals surface area contributed by atoms with Crippen LogP contribution in [0.4, 0.5) is 0 Å². The molecule has 0 radical (unpaired) electrons. The molecule has 0 unspecified atom stereocenters. The molecule has 0 saturated heterocycles. The highest BCUT2D eigenvalue weighted by Gasteiger charge is 2.30. The Morgan fingerprint density at radius 3 is 2.53 bits per heavy atom. The van der Waals surface area contributed by atoms with Crippen LogP contribution in [0.2, 0.25) is 0 Å². The van der Waals surface area contributed by atoms with E-state index in [0.717, 1.165) is 22.2 Å². The molecule has 4 aromatic rings. The van der Waals surface area contributed by atoms with Gasteiger partial charge in [-0.2, -0.15) is 0 Å². The third-order valence-electron chi connectivity index (χ3n) is 6.06. The van der Waals surface area contributed by atoms with E-state index in [9.17, 15) is 9.59 Å². The lowest BCUT2D eigenvalue weighted by molar-refractivity contribution is -0.149. The number of rotatable bonds is 7. The van der Waals surface area contributed by atoms with Crippen LogP contribution in [0.25, 0.3) is 11.0 Å². The average molecular weight is 455 g/mol. The molecule has 0 saturated carbocycles. The van der Waals surface area contributed by atoms with Crippen molar-refractivity contribution in [1.82, 2.24) is 20.6 Å². The molecule has 3 aromatic carbocycles. The van der Waals surface area contributed by atoms with Gasteiger partial charge in [-0.25, -0.2) is 9.78 Å². The molecule has 0 fully saturated rings. The van der Waals surface area contributed by atoms with Crippen LogP contribution in [0.15, 0.2) is 78.9 Å². The summed E-state index contributed by atoms with van der Waals surface area (Å²) in [6.45, 7) is 0.752. The van der Waals surface area contributed by atoms with Gasteiger partial charge >= 0.3 is 5.97 Å². The fourth-order valence-corrected chi connectivity index (χ4v) is 4.23. The summed E-state index contributed by atoms with van der Waals surface area (Å²) in [5.41, 5.74) is 4.90. The Morgan fingerprint density at radius 2 is 1.71 bits per heavy atom. The van der Waals surface area contributed by atoms with Gasteiger partial charge in [-0.15, -0.1) is 0 Å². The van der Waals surface area contributed by atoms with Gasteiger partial charge in [0.15, 0.2) is 0 Å². The molecule has 3 N–H and O–H groups in total. The number of nitrogens with zero attached hydrogens (tertiary/aromatic N) is 1. The van der Waals surface area contributed by atoms with Gasteiger partial charge in [0.25, 0.3) is 0 Å². The zero-order valence-corrected chi connectivity index (χ0v) is 18.7. The van der Waals surface area contributed by atoms with E-state index in [1.165, 1.54) is 5.56 Å². The first kappa shape index (κ1) is 21.9. The molecule has 2 heterocycles. The summed E-state index contributed by atoms with van der Waals surface area (Å²) in [5, 5.41) is 6.19. The molecule has 0 bridgehead atoms. The molecule has 5 rings (SSSR count). The molecule has 172 valence electrons. The highest BCUT2D eigenvalue weighted by molar-refractivity contribution is 5.88. The van der Waals surface area contributed by atoms with E-state index in [1.54, 1.807) is 0 Å². The number of imidazole rings is 1. The average Bonchev–Trinajstić information content (AvgIpc) is 3.29. The highest BCUT2D eigenvalue weighted by Crippen LogP contribution is 2.17. The van der Waals surface area contributed by atoms with E-state index in [2.05, 4.69) is 26.7 Å². The van der Waals surface area contributed by atoms with Crippen molar-refractivity contribution in [3.05, 3.63) is 101 Å². The van der Waals surface area contributed by atoms with Gasteiger partial charge < -0.3 is 20.4 Å². The summed E-state index contributed by atoms with van der Waals surface area (Å²) in [6, 6.07) is 23.9. The van der Waals surface area contributed by atoms with Crippen LogP contribution in [0, 0.1) is 0 Å². The quantitative estimate of drug-likeness (QED) is 0.373. The molecule has 1 aliphatic rings. The Bertz CT molecular complexity index is 1270. The van der Waals surface area contributed by atoms with Gasteiger partial charge in [-0.1, -0.05) is 66.7 Å². The number of aromatic nitrogens is 2. The fourth-order valence-electron chi connectivity index (χ4n) is 4.23. The summed E-state index contributed by atoms with van der Waals surface area (Å²) in [6.07, 6.45) is 0.774. The maximum absolute atomic E-state index is 13.1. The van der Waals surface area contributed by atoms with E-state index in [4.69, 9.17) is 4.74 Å². The Kier molecular flexibility index (Phi) is 6.35. The van der Waals surface area contributed by atoms with E-state index in [-0.39, 0.29) is 18.9 Å². The number of carbonyl (C=O) groups excluding carboxylic acids is 2. The Hall–Kier alpha value is -3.97. The number of ether oxygens (including phenoxy) is 1. The number of hydrogen-bond acceptors (Lipinski definition) is 5. The van der Waals surface area contributed by atoms with Gasteiger partial charge in [0.2, 0.25) is 5.91 Å². The number of fused-ring (bicyclic) bond motifs is 2. The number of para-hydroxylation sites is 2. The van der Waals surface area contributed by atoms with E-state index < -0.39 is 18.1 Å². The van der Waals surface area contributed by atoms with Gasteiger partial charge in [0.1, 0.15) is 18.5 Å². The first-order chi connectivity index (χ1) is 16.7. The maximum Gasteiger partial charge on any atom is 0.329 e. The van der Waals surface area contributed by atoms with Crippen LogP contribution in [-0.4, -0.2) is 33.9 Å². The predicted molar refractivity (Wildman–Crippen MR) is 129 cm³/mol. The van der Waals surface area contributed by atoms with Gasteiger partial charge in [0, 0.05) is 13.0 Å². The molecule has 1 aliphatic heterocycles. The number of nitrogens with one attached hydrogen (secondary N) is 3. The van der Waals surface area contributed by atoms with Crippen molar-refractivity contribution in [3.8, 4) is 0 Å². The molecule has 7 nitrogen and oxygen atoms in total. The second-order valence-electron chi connectivity index (χ2n) is 8.47. The molecular weight excluding hydrogens is 428 g/mol. The number of carbonyl (C=O) groups is 2. The Morgan fingerprint density at radius 1 is 0.971 bits per heavy atom. The summed E-state index contributed by atoms with van der Waals surface area (Å²) in [5.74, 6) is -0.105. The van der Waals surface area contributed by atoms with Crippen molar-refractivity contribution in [3.63, 3.8) is 0 Å². The first-order valence-corrected chi connectivity index (χ1v) is 11.4. The lowest BCUT2D eigenvalue weighted by Gasteiger charge is -2.27. The summed E-state index contributed by atoms with van der Waals surface area (Å²) in [4.78, 5) is 34.0. The minimum atomic E-state index is -0.865. The SMILES string of the molecule is O=C(N[C@@H](Cc1nc2ccccc2[nH]1)C(=O)OCc1ccccc1)[C@@H]1Cc2ccccc2CN1. The predicted octanol–water partition coefficient (Wildman–Crippen LogP) is 3.05. The van der Waals surface area contributed by atoms with Crippen molar-refractivity contribution in [2.24, 2.45) is 0 Å². The summed E-state index contributed by atoms with van der Waals surface area (Å²) in [7, 11) is 0. The largest absolute Gasteiger partial charge is 0.459 e. The monoisotopic (exact) mass is 454 g/mol. The van der Waals surface area contributed by atoms with Crippen LogP contribution in [-0.2, 0) is 40.3 Å². The standard InChI is InChI=1S/C27H26N4O3/c32-26(23-14-19-10-4-5-11-20(19)16-28-23)31-24(27(33)34-17-18-8-2-1-3-9-18)15-25-29-21-12-6-7-13-22(21)30-25/h1-13,23-24,28H,14-17H2,(H,29,30)(H,31,32)/t23-,24-/m0/s1. The molecular formula is C27H26N4O3. The van der Waals surface area contributed by atoms with Crippen LogP contribution in [0.1, 0.15) is 22.5 Å². The Labute approximate surface area is 197 Å². The number of H-pyrrole nitrogens is 1. The highest BCUT2D eigenvalue weighted by atomic mass is 16.5. The number of benzene rings is 3. The smallest absolute Gasteiger partial charge is 0.329 e. The molecule has 0 aliphatic carbocycles. The lowest BCUT2D eigenvalue weighted by Crippen LogP contribution is -2.53. The van der Waals surface area contributed by atoms with Crippen molar-refractivity contribution in [1.29, 1.82) is 0 Å². The van der Waals surface area contributed by atoms with Crippen molar-refractivity contribution in [2.45, 2.75) is 38.1 Å². The number of esters is 1. The lowest BCUT2D eigenvalue weighted by atomic mass is 9.95. The molecule has 1 amide bonds. The van der Waals surface area contributed by atoms with Crippen molar-refractivity contribution in [2.75, 3.05) is 0 Å². The van der Waals surface area contributed by atoms with Crippen LogP contribution < -0.4 is 10.6 Å². The third kappa shape index (κ3) is 5.00. The van der Waals surface area contributed by atoms with Gasteiger partial charge in [0.05, 0.1) is 17.1 Å². The first-order valence-electron chi connectivity index (χ1n) is 11.4. The summed E-state index contributed by atoms with van der Waals surface area (Å²) < 4.78 is 5.57. The van der Waals surface area contributed by atoms with E-state index >= 15 is 0 Å². The zero-order chi connectivity index (χ0) is 23.3. The zero-order valence-electron chi connectivity index (χ0n) is 18.7. The van der Waals surface area contributed by atoms with Crippen LogP contribution >= 0.6 is 0 Å². The molecule has 0 spiro atoms. The van der Waals surface area contributed by atoms with Gasteiger partial charge in [-0.05, 0) is 35.2 Å². The van der Waals surface area contributed by atoms with Crippen LogP contribution in [0.5, 0.6) is 0 Å². The number of aromatic amines is 1. The molecule has 34 heavy (non-hydrogen) atoms. The number of amides is 1. The second kappa shape index (κ2) is 9.89. The second-order valence-corrected chi connectivity index (χ2v) is 8.47. The minimum absolute atomic E-state index is 0.140. The topological polar surface area (TPSA) is 96.1 Å². The molecule has 2 atom stereocenters.